The number of rotatable bonds is 6. The first-order chi connectivity index (χ1) is 16.4. The predicted molar refractivity (Wildman–Crippen MR) is 126 cm³/mol. The Morgan fingerprint density at radius 1 is 1.03 bits per heavy atom. The van der Waals surface area contributed by atoms with Crippen molar-refractivity contribution in [2.24, 2.45) is 0 Å². The van der Waals surface area contributed by atoms with E-state index in [9.17, 15) is 14.0 Å². The molecule has 2 N–H and O–H groups in total. The van der Waals surface area contributed by atoms with E-state index in [1.54, 1.807) is 37.3 Å². The number of likely N-dealkylation sites (tertiary alicyclic amines) is 1. The molecule has 2 heterocycles. The van der Waals surface area contributed by atoms with Crippen LogP contribution in [0.3, 0.4) is 0 Å². The van der Waals surface area contributed by atoms with Crippen molar-refractivity contribution in [2.45, 2.75) is 18.8 Å². The molecule has 2 aromatic carbocycles. The Labute approximate surface area is 199 Å². The normalized spacial score (nSPS) is 15.5. The van der Waals surface area contributed by atoms with Gasteiger partial charge in [0.1, 0.15) is 22.3 Å². The lowest BCUT2D eigenvalue weighted by atomic mass is 9.99. The summed E-state index contributed by atoms with van der Waals surface area (Å²) < 4.78 is 23.6. The van der Waals surface area contributed by atoms with Crippen LogP contribution in [0.15, 0.2) is 42.5 Å². The summed E-state index contributed by atoms with van der Waals surface area (Å²) in [4.78, 5) is 27.1. The molecular weight excluding hydrogens is 461 g/mol. The van der Waals surface area contributed by atoms with Gasteiger partial charge in [-0.25, -0.2) is 9.18 Å². The van der Waals surface area contributed by atoms with Crippen molar-refractivity contribution in [3.8, 4) is 11.5 Å². The van der Waals surface area contributed by atoms with Crippen LogP contribution in [-0.2, 0) is 0 Å². The third-order valence-corrected chi connectivity index (χ3v) is 6.48. The van der Waals surface area contributed by atoms with E-state index in [1.807, 2.05) is 0 Å². The first kappa shape index (κ1) is 23.4. The van der Waals surface area contributed by atoms with Crippen LogP contribution in [-0.4, -0.2) is 54.3 Å². The van der Waals surface area contributed by atoms with Gasteiger partial charge in [-0.05, 0) is 37.1 Å². The topological polar surface area (TPSA) is 106 Å². The highest BCUT2D eigenvalue weighted by atomic mass is 32.1. The lowest BCUT2D eigenvalue weighted by Gasteiger charge is -2.31. The molecule has 11 heteroatoms. The Balaban J connectivity index is 1.39. The molecule has 34 heavy (non-hydrogen) atoms. The Bertz CT molecular complexity index is 1150. The van der Waals surface area contributed by atoms with E-state index in [1.165, 1.54) is 35.6 Å². The zero-order valence-electron chi connectivity index (χ0n) is 18.7. The zero-order chi connectivity index (χ0) is 24.1. The summed E-state index contributed by atoms with van der Waals surface area (Å²) in [6, 6.07) is 10.4. The molecule has 1 aromatic heterocycles. The van der Waals surface area contributed by atoms with Crippen LogP contribution >= 0.6 is 11.3 Å². The van der Waals surface area contributed by atoms with Gasteiger partial charge >= 0.3 is 6.03 Å². The minimum absolute atomic E-state index is 0.0239. The summed E-state index contributed by atoms with van der Waals surface area (Å²) in [5.74, 6) is 0.336. The Morgan fingerprint density at radius 3 is 2.41 bits per heavy atom. The van der Waals surface area contributed by atoms with Crippen molar-refractivity contribution in [3.63, 3.8) is 0 Å². The highest BCUT2D eigenvalue weighted by molar-refractivity contribution is 7.13. The third kappa shape index (κ3) is 5.60. The summed E-state index contributed by atoms with van der Waals surface area (Å²) in [6.07, 6.45) is 1.64. The molecule has 4 rings (SSSR count). The second kappa shape index (κ2) is 10.5. The lowest BCUT2D eigenvalue weighted by Crippen LogP contribution is -2.41. The number of benzene rings is 2. The molecule has 1 saturated heterocycles. The molecule has 1 aliphatic rings. The van der Waals surface area contributed by atoms with Gasteiger partial charge in [0.25, 0.3) is 5.91 Å². The van der Waals surface area contributed by atoms with Crippen molar-refractivity contribution in [2.75, 3.05) is 37.9 Å². The molecule has 178 valence electrons. The number of aromatic nitrogens is 2. The van der Waals surface area contributed by atoms with Crippen molar-refractivity contribution in [1.82, 2.24) is 15.1 Å². The van der Waals surface area contributed by atoms with Gasteiger partial charge in [0.05, 0.1) is 14.2 Å². The molecule has 1 fully saturated rings. The molecule has 0 radical (unpaired) electrons. The van der Waals surface area contributed by atoms with Gasteiger partial charge < -0.3 is 25.0 Å². The van der Waals surface area contributed by atoms with Gasteiger partial charge in [-0.15, -0.1) is 10.2 Å². The van der Waals surface area contributed by atoms with Crippen LogP contribution < -0.4 is 20.1 Å². The second-order valence-electron chi connectivity index (χ2n) is 7.72. The fourth-order valence-corrected chi connectivity index (χ4v) is 4.52. The SMILES string of the molecule is COc1cc(NC(=O)N2CCC[C@@H](c3nnc(C(=O)Nc4ccc(F)cc4)s3)C2)cc(OC)c1. The largest absolute Gasteiger partial charge is 0.497 e. The average Bonchev–Trinajstić information content (AvgIpc) is 3.36. The molecule has 3 amide bonds. The molecule has 0 bridgehead atoms. The maximum atomic E-state index is 13.1. The molecule has 9 nitrogen and oxygen atoms in total. The highest BCUT2D eigenvalue weighted by Gasteiger charge is 2.28. The number of halogens is 1. The van der Waals surface area contributed by atoms with E-state index < -0.39 is 5.91 Å². The maximum absolute atomic E-state index is 13.1. The molecule has 1 atom stereocenters. The smallest absolute Gasteiger partial charge is 0.321 e. The molecular formula is C23H24FN5O4S. The summed E-state index contributed by atoms with van der Waals surface area (Å²) in [5, 5.41) is 14.7. The Hall–Kier alpha value is -3.73. The number of anilines is 2. The Kier molecular flexibility index (Phi) is 7.21. The fraction of sp³-hybridized carbons (Fsp3) is 0.304. The molecule has 0 saturated carbocycles. The van der Waals surface area contributed by atoms with Crippen LogP contribution in [0.1, 0.15) is 33.6 Å². The van der Waals surface area contributed by atoms with Gasteiger partial charge in [-0.1, -0.05) is 11.3 Å². The number of nitrogens with zero attached hydrogens (tertiary/aromatic N) is 3. The van der Waals surface area contributed by atoms with E-state index >= 15 is 0 Å². The van der Waals surface area contributed by atoms with E-state index in [0.717, 1.165) is 12.8 Å². The number of carbonyl (C=O) groups excluding carboxylic acids is 2. The van der Waals surface area contributed by atoms with Crippen LogP contribution in [0.25, 0.3) is 0 Å². The molecule has 0 spiro atoms. The minimum atomic E-state index is -0.410. The van der Waals surface area contributed by atoms with Gasteiger partial charge in [-0.3, -0.25) is 4.79 Å². The van der Waals surface area contributed by atoms with E-state index in [0.29, 0.717) is 41.0 Å². The zero-order valence-corrected chi connectivity index (χ0v) is 19.5. The van der Waals surface area contributed by atoms with Crippen molar-refractivity contribution < 1.29 is 23.5 Å². The molecule has 1 aliphatic heterocycles. The van der Waals surface area contributed by atoms with Gasteiger partial charge in [-0.2, -0.15) is 0 Å². The quantitative estimate of drug-likeness (QED) is 0.538. The molecule has 0 unspecified atom stereocenters. The van der Waals surface area contributed by atoms with Crippen molar-refractivity contribution in [3.05, 3.63) is 58.3 Å². The van der Waals surface area contributed by atoms with E-state index in [4.69, 9.17) is 9.47 Å². The maximum Gasteiger partial charge on any atom is 0.321 e. The highest BCUT2D eigenvalue weighted by Crippen LogP contribution is 2.31. The van der Waals surface area contributed by atoms with E-state index in [2.05, 4.69) is 20.8 Å². The second-order valence-corrected chi connectivity index (χ2v) is 8.73. The number of carbonyl (C=O) groups is 2. The Morgan fingerprint density at radius 2 is 1.74 bits per heavy atom. The molecule has 0 aliphatic carbocycles. The van der Waals surface area contributed by atoms with Crippen LogP contribution in [0.5, 0.6) is 11.5 Å². The van der Waals surface area contributed by atoms with Gasteiger partial charge in [0.15, 0.2) is 0 Å². The fourth-order valence-electron chi connectivity index (χ4n) is 3.65. The minimum Gasteiger partial charge on any atom is -0.497 e. The number of hydrogen-bond acceptors (Lipinski definition) is 7. The summed E-state index contributed by atoms with van der Waals surface area (Å²) in [5.41, 5.74) is 1.04. The average molecular weight is 486 g/mol. The van der Waals surface area contributed by atoms with Crippen LogP contribution in [0.4, 0.5) is 20.6 Å². The first-order valence-electron chi connectivity index (χ1n) is 10.6. The monoisotopic (exact) mass is 485 g/mol. The van der Waals surface area contributed by atoms with Gasteiger partial charge in [0.2, 0.25) is 5.01 Å². The lowest BCUT2D eigenvalue weighted by molar-refractivity contribution is 0.102. The number of ether oxygens (including phenoxy) is 2. The summed E-state index contributed by atoms with van der Waals surface area (Å²) in [6.45, 7) is 1.07. The standard InChI is InChI=1S/C23H24FN5O4S/c1-32-18-10-17(11-19(12-18)33-2)26-23(31)29-9-3-4-14(13-29)21-27-28-22(34-21)20(30)25-16-7-5-15(24)6-8-16/h5-8,10-12,14H,3-4,9,13H2,1-2H3,(H,25,30)(H,26,31)/t14-/m1/s1. The summed E-state index contributed by atoms with van der Waals surface area (Å²) >= 11 is 1.20. The van der Waals surface area contributed by atoms with Gasteiger partial charge in [0, 0.05) is 48.6 Å². The van der Waals surface area contributed by atoms with Crippen molar-refractivity contribution in [1.29, 1.82) is 0 Å². The number of methoxy groups -OCH3 is 2. The number of amides is 3. The molecule has 3 aromatic rings. The summed E-state index contributed by atoms with van der Waals surface area (Å²) in [7, 11) is 3.09. The van der Waals surface area contributed by atoms with Crippen LogP contribution in [0, 0.1) is 5.82 Å². The van der Waals surface area contributed by atoms with Crippen LogP contribution in [0.2, 0.25) is 0 Å². The number of hydrogen-bond donors (Lipinski definition) is 2. The third-order valence-electron chi connectivity index (χ3n) is 5.40. The van der Waals surface area contributed by atoms with E-state index in [-0.39, 0.29) is 22.8 Å². The number of nitrogens with one attached hydrogen (secondary N) is 2. The number of piperidine rings is 1. The first-order valence-corrected chi connectivity index (χ1v) is 11.5. The van der Waals surface area contributed by atoms with Crippen molar-refractivity contribution >= 4 is 34.6 Å². The predicted octanol–water partition coefficient (Wildman–Crippen LogP) is 4.36. The number of urea groups is 1.